The number of phosphoric acid groups is 3. The predicted octanol–water partition coefficient (Wildman–Crippen LogP) is -1.69. The fourth-order valence-electron chi connectivity index (χ4n) is 2.79. The molecule has 2 aliphatic rings. The molecule has 1 fully saturated rings. The van der Waals surface area contributed by atoms with E-state index in [0.29, 0.717) is 6.04 Å². The number of nitrogens with one attached hydrogen (secondary N) is 1. The number of aliphatic hydroxyl groups excluding tert-OH is 1. The second-order valence-corrected chi connectivity index (χ2v) is 10.4. The van der Waals surface area contributed by atoms with Crippen molar-refractivity contribution in [2.24, 2.45) is 5.92 Å². The average Bonchev–Trinajstić information content (AvgIpc) is 3.17. The molecule has 2 aromatic rings. The number of allylic oxidation sites excluding steroid dienone is 1. The minimum atomic E-state index is -4.64. The molecule has 0 aromatic carbocycles. The quantitative estimate of drug-likeness (QED) is 0.142. The van der Waals surface area contributed by atoms with Crippen molar-refractivity contribution in [3.63, 3.8) is 0 Å². The van der Waals surface area contributed by atoms with Crippen molar-refractivity contribution in [1.29, 1.82) is 0 Å². The third-order valence-corrected chi connectivity index (χ3v) is 4.10. The summed E-state index contributed by atoms with van der Waals surface area (Å²) in [4.78, 5) is 77.8. The first-order valence-corrected chi connectivity index (χ1v) is 14.3. The molecule has 0 spiro atoms. The smallest absolute Gasteiger partial charge is 0.396 e. The number of aliphatic hydroxyl groups is 1. The van der Waals surface area contributed by atoms with Crippen LogP contribution in [0.25, 0.3) is 11.2 Å². The summed E-state index contributed by atoms with van der Waals surface area (Å²) >= 11 is 0. The van der Waals surface area contributed by atoms with Gasteiger partial charge in [-0.1, -0.05) is 12.2 Å². The molecule has 22 heteroatoms. The van der Waals surface area contributed by atoms with Gasteiger partial charge in [0.2, 0.25) is 5.95 Å². The Bertz CT molecular complexity index is 1100. The van der Waals surface area contributed by atoms with Gasteiger partial charge >= 0.3 is 23.5 Å². The molecule has 19 nitrogen and oxygen atoms in total. The average molecular weight is 580 g/mol. The van der Waals surface area contributed by atoms with E-state index in [0.717, 1.165) is 36.2 Å². The van der Waals surface area contributed by atoms with Gasteiger partial charge in [0.05, 0.1) is 12.4 Å². The number of hydrogen-bond donors (Lipinski definition) is 12. The van der Waals surface area contributed by atoms with E-state index >= 15 is 0 Å². The van der Waals surface area contributed by atoms with Gasteiger partial charge in [0.15, 0.2) is 17.0 Å². The topological polar surface area (TPSA) is 335 Å². The van der Waals surface area contributed by atoms with Crippen LogP contribution in [-0.2, 0) is 13.7 Å². The molecular weight excluding hydrogens is 553 g/mol. The van der Waals surface area contributed by atoms with E-state index in [1.807, 2.05) is 10.6 Å². The third kappa shape index (κ3) is 15.3. The Labute approximate surface area is 202 Å². The van der Waals surface area contributed by atoms with Crippen molar-refractivity contribution in [2.45, 2.75) is 31.3 Å². The van der Waals surface area contributed by atoms with E-state index in [9.17, 15) is 5.11 Å². The number of rotatable bonds is 4. The monoisotopic (exact) mass is 580 g/mol. The van der Waals surface area contributed by atoms with E-state index in [2.05, 4.69) is 26.3 Å². The zero-order valence-corrected chi connectivity index (χ0v) is 20.9. The summed E-state index contributed by atoms with van der Waals surface area (Å²) in [5, 5.41) is 12.6. The van der Waals surface area contributed by atoms with E-state index in [-0.39, 0.29) is 24.5 Å². The van der Waals surface area contributed by atoms with Gasteiger partial charge in [0.1, 0.15) is 0 Å². The maximum absolute atomic E-state index is 9.26. The van der Waals surface area contributed by atoms with Crippen molar-refractivity contribution in [3.8, 4) is 0 Å². The van der Waals surface area contributed by atoms with Gasteiger partial charge in [-0.2, -0.15) is 9.97 Å². The molecule has 2 heterocycles. The summed E-state index contributed by atoms with van der Waals surface area (Å²) in [6, 6.07) is 0.646. The van der Waals surface area contributed by atoms with Crippen LogP contribution >= 0.6 is 23.5 Å². The minimum Gasteiger partial charge on any atom is -0.396 e. The number of anilines is 2. The number of nitrogens with two attached hydrogens (primary N) is 1. The van der Waals surface area contributed by atoms with Crippen LogP contribution in [-0.4, -0.2) is 81.3 Å². The highest BCUT2D eigenvalue weighted by Gasteiger charge is 2.26. The van der Waals surface area contributed by atoms with Gasteiger partial charge in [-0.3, -0.25) is 0 Å². The summed E-state index contributed by atoms with van der Waals surface area (Å²) in [6.07, 6.45) is 9.10. The maximum Gasteiger partial charge on any atom is 0.466 e. The Balaban J connectivity index is 0.000000358. The zero-order valence-electron chi connectivity index (χ0n) is 18.2. The standard InChI is InChI=1S/C14H18N6O.3H3O4P/c15-14-18-12(17-9-2-3-9)11-13(19-14)20(7-16-11)10-4-1-8(5-10)6-21;3*1-5(2,3)4/h1,4,7-10,21H,2-3,5-6H2,(H3,15,17,18,19);3*(H3,1,2,3,4)/t8-,10+;;;/m1.../s1. The first-order valence-electron chi connectivity index (χ1n) is 9.65. The fourth-order valence-corrected chi connectivity index (χ4v) is 2.79. The van der Waals surface area contributed by atoms with Crippen LogP contribution in [0.5, 0.6) is 0 Å². The van der Waals surface area contributed by atoms with E-state index < -0.39 is 23.5 Å². The second kappa shape index (κ2) is 13.1. The highest BCUT2D eigenvalue weighted by Crippen LogP contribution is 2.33. The van der Waals surface area contributed by atoms with Gasteiger partial charge in [-0.05, 0) is 19.3 Å². The summed E-state index contributed by atoms with van der Waals surface area (Å²) in [6.45, 7) is 0.172. The van der Waals surface area contributed by atoms with Crippen molar-refractivity contribution in [2.75, 3.05) is 17.7 Å². The minimum absolute atomic E-state index is 0.162. The van der Waals surface area contributed by atoms with Gasteiger partial charge in [0.25, 0.3) is 0 Å². The van der Waals surface area contributed by atoms with E-state index in [4.69, 9.17) is 63.5 Å². The van der Waals surface area contributed by atoms with Crippen LogP contribution in [0.4, 0.5) is 11.8 Å². The predicted molar refractivity (Wildman–Crippen MR) is 123 cm³/mol. The molecule has 0 amide bonds. The molecule has 0 unspecified atom stereocenters. The molecule has 2 atom stereocenters. The Morgan fingerprint density at radius 1 is 0.917 bits per heavy atom. The zero-order chi connectivity index (χ0) is 27.9. The lowest BCUT2D eigenvalue weighted by molar-refractivity contribution is 0.244. The normalized spacial score (nSPS) is 19.4. The van der Waals surface area contributed by atoms with E-state index in [1.165, 1.54) is 0 Å². The summed E-state index contributed by atoms with van der Waals surface area (Å²) in [5.41, 5.74) is 7.35. The van der Waals surface area contributed by atoms with Crippen LogP contribution in [0.3, 0.4) is 0 Å². The summed E-state index contributed by atoms with van der Waals surface area (Å²) in [5.74, 6) is 1.18. The van der Waals surface area contributed by atoms with Gasteiger partial charge in [-0.15, -0.1) is 0 Å². The summed E-state index contributed by atoms with van der Waals surface area (Å²) in [7, 11) is -13.9. The largest absolute Gasteiger partial charge is 0.466 e. The fraction of sp³-hybridized carbons (Fsp3) is 0.500. The van der Waals surface area contributed by atoms with Crippen molar-refractivity contribution >= 4 is 46.4 Å². The molecule has 0 saturated heterocycles. The van der Waals surface area contributed by atoms with Crippen molar-refractivity contribution in [1.82, 2.24) is 19.5 Å². The first-order chi connectivity index (χ1) is 16.2. The number of nitrogens with zero attached hydrogens (tertiary/aromatic N) is 4. The van der Waals surface area contributed by atoms with Crippen LogP contribution in [0.2, 0.25) is 0 Å². The lowest BCUT2D eigenvalue weighted by Crippen LogP contribution is -2.10. The first kappa shape index (κ1) is 32.2. The number of hydrogen-bond acceptors (Lipinski definition) is 9. The molecule has 0 aliphatic heterocycles. The van der Waals surface area contributed by atoms with Crippen LogP contribution in [0, 0.1) is 5.92 Å². The van der Waals surface area contributed by atoms with E-state index in [1.54, 1.807) is 6.33 Å². The SMILES string of the molecule is Nc1nc(NC2CC2)c2ncn([C@H]3C=C[C@@H](CO)C3)c2n1.O=P(O)(O)O.O=P(O)(O)O.O=P(O)(O)O. The highest BCUT2D eigenvalue weighted by molar-refractivity contribution is 7.45. The van der Waals surface area contributed by atoms with Crippen LogP contribution in [0.15, 0.2) is 18.5 Å². The number of imidazole rings is 1. The molecule has 0 bridgehead atoms. The summed E-state index contributed by atoms with van der Waals surface area (Å²) < 4.78 is 28.7. The second-order valence-electron chi connectivity index (χ2n) is 7.34. The molecule has 2 aromatic heterocycles. The Hall–Kier alpha value is -1.82. The molecule has 1 saturated carbocycles. The van der Waals surface area contributed by atoms with Crippen LogP contribution in [0.1, 0.15) is 25.3 Å². The molecule has 0 radical (unpaired) electrons. The molecular formula is C14H27N6O13P3. The van der Waals surface area contributed by atoms with Gasteiger partial charge in [0, 0.05) is 18.6 Å². The van der Waals surface area contributed by atoms with Gasteiger partial charge < -0.3 is 64.8 Å². The molecule has 36 heavy (non-hydrogen) atoms. The lowest BCUT2D eigenvalue weighted by Gasteiger charge is -2.13. The number of aromatic nitrogens is 4. The molecule has 13 N–H and O–H groups in total. The van der Waals surface area contributed by atoms with Crippen molar-refractivity contribution < 1.29 is 62.8 Å². The lowest BCUT2D eigenvalue weighted by atomic mass is 10.1. The molecule has 206 valence electrons. The molecule has 4 rings (SSSR count). The number of fused-ring (bicyclic) bond motifs is 1. The maximum atomic E-state index is 9.26. The Morgan fingerprint density at radius 3 is 1.83 bits per heavy atom. The Morgan fingerprint density at radius 2 is 1.42 bits per heavy atom. The molecule has 2 aliphatic carbocycles. The Kier molecular flexibility index (Phi) is 11.7. The number of nitrogen functional groups attached to an aromatic ring is 1. The van der Waals surface area contributed by atoms with Crippen molar-refractivity contribution in [3.05, 3.63) is 18.5 Å². The third-order valence-electron chi connectivity index (χ3n) is 4.10. The highest BCUT2D eigenvalue weighted by atomic mass is 31.2. The van der Waals surface area contributed by atoms with Gasteiger partial charge in [-0.25, -0.2) is 18.7 Å². The van der Waals surface area contributed by atoms with Crippen LogP contribution < -0.4 is 11.1 Å².